The van der Waals surface area contributed by atoms with Crippen LogP contribution >= 0.6 is 11.6 Å². The summed E-state index contributed by atoms with van der Waals surface area (Å²) in [6.07, 6.45) is 1.04. The van der Waals surface area contributed by atoms with Crippen molar-refractivity contribution in [2.75, 3.05) is 6.54 Å². The first-order chi connectivity index (χ1) is 10.6. The van der Waals surface area contributed by atoms with Crippen molar-refractivity contribution >= 4 is 22.5 Å². The Morgan fingerprint density at radius 1 is 1.05 bits per heavy atom. The second kappa shape index (κ2) is 5.15. The number of aryl methyl sites for hydroxylation is 2. The summed E-state index contributed by atoms with van der Waals surface area (Å²) < 4.78 is 0. The van der Waals surface area contributed by atoms with Crippen LogP contribution < -0.4 is 5.32 Å². The lowest BCUT2D eigenvalue weighted by Gasteiger charge is -2.25. The van der Waals surface area contributed by atoms with E-state index in [4.69, 9.17) is 11.6 Å². The minimum Gasteiger partial charge on any atom is -0.357 e. The van der Waals surface area contributed by atoms with Gasteiger partial charge >= 0.3 is 0 Å². The first-order valence-electron chi connectivity index (χ1n) is 7.73. The molecule has 2 heterocycles. The van der Waals surface area contributed by atoms with Crippen LogP contribution in [-0.2, 0) is 6.42 Å². The van der Waals surface area contributed by atoms with Crippen molar-refractivity contribution in [1.29, 1.82) is 0 Å². The van der Waals surface area contributed by atoms with Crippen LogP contribution in [0, 0.1) is 13.8 Å². The first-order valence-corrected chi connectivity index (χ1v) is 8.11. The Labute approximate surface area is 135 Å². The molecule has 0 spiro atoms. The van der Waals surface area contributed by atoms with E-state index in [0.29, 0.717) is 0 Å². The zero-order chi connectivity index (χ0) is 15.3. The van der Waals surface area contributed by atoms with Gasteiger partial charge in [0, 0.05) is 28.2 Å². The van der Waals surface area contributed by atoms with Crippen LogP contribution in [-0.4, -0.2) is 11.5 Å². The lowest BCUT2D eigenvalue weighted by Crippen LogP contribution is -2.30. The molecule has 1 aliphatic heterocycles. The van der Waals surface area contributed by atoms with Gasteiger partial charge in [-0.1, -0.05) is 40.9 Å². The average Bonchev–Trinajstić information content (AvgIpc) is 2.84. The summed E-state index contributed by atoms with van der Waals surface area (Å²) in [5.74, 6) is 0. The van der Waals surface area contributed by atoms with Gasteiger partial charge in [-0.15, -0.1) is 0 Å². The Bertz CT molecular complexity index is 843. The Balaban J connectivity index is 1.90. The van der Waals surface area contributed by atoms with Crippen molar-refractivity contribution in [3.8, 4) is 0 Å². The van der Waals surface area contributed by atoms with E-state index >= 15 is 0 Å². The number of nitrogens with one attached hydrogen (secondary N) is 2. The summed E-state index contributed by atoms with van der Waals surface area (Å²) in [4.78, 5) is 3.61. The summed E-state index contributed by atoms with van der Waals surface area (Å²) in [7, 11) is 0. The number of rotatable bonds is 1. The molecule has 0 aliphatic carbocycles. The molecule has 0 bridgehead atoms. The van der Waals surface area contributed by atoms with Crippen LogP contribution in [0.2, 0.25) is 5.02 Å². The van der Waals surface area contributed by atoms with E-state index in [-0.39, 0.29) is 6.04 Å². The molecule has 0 saturated carbocycles. The predicted molar refractivity (Wildman–Crippen MR) is 92.8 cm³/mol. The molecule has 0 amide bonds. The second-order valence-corrected chi connectivity index (χ2v) is 6.70. The maximum Gasteiger partial charge on any atom is 0.0732 e. The number of hydrogen-bond acceptors (Lipinski definition) is 1. The molecule has 1 aromatic heterocycles. The summed E-state index contributed by atoms with van der Waals surface area (Å²) in [5.41, 5.74) is 7.81. The number of aromatic amines is 1. The fraction of sp³-hybridized carbons (Fsp3) is 0.263. The zero-order valence-corrected chi connectivity index (χ0v) is 13.6. The van der Waals surface area contributed by atoms with Crippen molar-refractivity contribution < 1.29 is 0 Å². The van der Waals surface area contributed by atoms with Gasteiger partial charge in [0.05, 0.1) is 6.04 Å². The third kappa shape index (κ3) is 2.23. The smallest absolute Gasteiger partial charge is 0.0732 e. The Kier molecular flexibility index (Phi) is 3.24. The standard InChI is InChI=1S/C19H19ClN2/c1-11-7-12(2)9-13(8-11)18-19-15(5-6-21-18)16-10-14(20)3-4-17(16)22-19/h3-4,7-10,18,21-22H,5-6H2,1-2H3. The van der Waals surface area contributed by atoms with Crippen molar-refractivity contribution in [2.24, 2.45) is 0 Å². The van der Waals surface area contributed by atoms with E-state index in [2.05, 4.69) is 54.5 Å². The highest BCUT2D eigenvalue weighted by Crippen LogP contribution is 2.35. The summed E-state index contributed by atoms with van der Waals surface area (Å²) in [5, 5.41) is 5.72. The van der Waals surface area contributed by atoms with Gasteiger partial charge in [-0.25, -0.2) is 0 Å². The van der Waals surface area contributed by atoms with Gasteiger partial charge in [0.15, 0.2) is 0 Å². The van der Waals surface area contributed by atoms with Crippen LogP contribution in [0.4, 0.5) is 0 Å². The molecule has 0 fully saturated rings. The normalized spacial score (nSPS) is 17.7. The largest absolute Gasteiger partial charge is 0.357 e. The van der Waals surface area contributed by atoms with Gasteiger partial charge in [0.1, 0.15) is 0 Å². The Hall–Kier alpha value is -1.77. The summed E-state index contributed by atoms with van der Waals surface area (Å²) in [6.45, 7) is 5.31. The highest BCUT2D eigenvalue weighted by atomic mass is 35.5. The molecule has 2 aromatic carbocycles. The summed E-state index contributed by atoms with van der Waals surface area (Å²) in [6, 6.07) is 13.1. The van der Waals surface area contributed by atoms with Gasteiger partial charge in [-0.2, -0.15) is 0 Å². The van der Waals surface area contributed by atoms with E-state index in [1.165, 1.54) is 38.9 Å². The van der Waals surface area contributed by atoms with Crippen LogP contribution in [0.3, 0.4) is 0 Å². The predicted octanol–water partition coefficient (Wildman–Crippen LogP) is 4.67. The van der Waals surface area contributed by atoms with Crippen LogP contribution in [0.15, 0.2) is 36.4 Å². The minimum absolute atomic E-state index is 0.230. The Morgan fingerprint density at radius 3 is 2.59 bits per heavy atom. The molecule has 2 nitrogen and oxygen atoms in total. The molecule has 2 N–H and O–H groups in total. The summed E-state index contributed by atoms with van der Waals surface area (Å²) >= 11 is 6.18. The molecule has 3 heteroatoms. The van der Waals surface area contributed by atoms with E-state index in [1.807, 2.05) is 6.07 Å². The van der Waals surface area contributed by atoms with Gasteiger partial charge < -0.3 is 10.3 Å². The molecule has 1 atom stereocenters. The highest BCUT2D eigenvalue weighted by molar-refractivity contribution is 6.31. The molecular weight excluding hydrogens is 292 g/mol. The first kappa shape index (κ1) is 13.9. The van der Waals surface area contributed by atoms with Gasteiger partial charge in [-0.3, -0.25) is 0 Å². The molecule has 4 rings (SSSR count). The van der Waals surface area contributed by atoms with Crippen LogP contribution in [0.1, 0.15) is 34.0 Å². The quantitative estimate of drug-likeness (QED) is 0.671. The molecule has 1 unspecified atom stereocenters. The topological polar surface area (TPSA) is 27.8 Å². The fourth-order valence-corrected chi connectivity index (χ4v) is 3.83. The van der Waals surface area contributed by atoms with E-state index in [0.717, 1.165) is 18.0 Å². The van der Waals surface area contributed by atoms with Crippen LogP contribution in [0.5, 0.6) is 0 Å². The molecule has 1 aliphatic rings. The highest BCUT2D eigenvalue weighted by Gasteiger charge is 2.25. The monoisotopic (exact) mass is 310 g/mol. The third-order valence-electron chi connectivity index (χ3n) is 4.49. The lowest BCUT2D eigenvalue weighted by atomic mass is 9.92. The molecule has 22 heavy (non-hydrogen) atoms. The second-order valence-electron chi connectivity index (χ2n) is 6.27. The SMILES string of the molecule is Cc1cc(C)cc(C2NCCc3c2[nH]c2ccc(Cl)cc32)c1. The van der Waals surface area contributed by atoms with Crippen molar-refractivity contribution in [2.45, 2.75) is 26.3 Å². The van der Waals surface area contributed by atoms with Crippen molar-refractivity contribution in [3.63, 3.8) is 0 Å². The molecule has 3 aromatic rings. The van der Waals surface area contributed by atoms with Crippen LogP contribution in [0.25, 0.3) is 10.9 Å². The zero-order valence-electron chi connectivity index (χ0n) is 12.8. The van der Waals surface area contributed by atoms with Gasteiger partial charge in [0.2, 0.25) is 0 Å². The molecule has 112 valence electrons. The number of benzene rings is 2. The lowest BCUT2D eigenvalue weighted by molar-refractivity contribution is 0.560. The van der Waals surface area contributed by atoms with Gasteiger partial charge in [0.25, 0.3) is 0 Å². The van der Waals surface area contributed by atoms with E-state index in [9.17, 15) is 0 Å². The number of halogens is 1. The number of H-pyrrole nitrogens is 1. The van der Waals surface area contributed by atoms with Gasteiger partial charge in [-0.05, 0) is 49.6 Å². The molecule has 0 saturated heterocycles. The molecule has 0 radical (unpaired) electrons. The Morgan fingerprint density at radius 2 is 1.82 bits per heavy atom. The third-order valence-corrected chi connectivity index (χ3v) is 4.73. The van der Waals surface area contributed by atoms with Crippen molar-refractivity contribution in [1.82, 2.24) is 10.3 Å². The minimum atomic E-state index is 0.230. The average molecular weight is 311 g/mol. The van der Waals surface area contributed by atoms with E-state index < -0.39 is 0 Å². The number of hydrogen-bond donors (Lipinski definition) is 2. The van der Waals surface area contributed by atoms with Crippen molar-refractivity contribution in [3.05, 3.63) is 69.4 Å². The molecular formula is C19H19ClN2. The fourth-order valence-electron chi connectivity index (χ4n) is 3.66. The number of fused-ring (bicyclic) bond motifs is 3. The maximum absolute atomic E-state index is 6.18. The maximum atomic E-state index is 6.18. The van der Waals surface area contributed by atoms with E-state index in [1.54, 1.807) is 0 Å². The number of aromatic nitrogens is 1.